The summed E-state index contributed by atoms with van der Waals surface area (Å²) in [6, 6.07) is 9.89. The molecular weight excluding hydrogens is 409 g/mol. The molecule has 0 saturated heterocycles. The van der Waals surface area contributed by atoms with E-state index in [1.807, 2.05) is 48.7 Å². The maximum Gasteiger partial charge on any atom is 0.433 e. The summed E-state index contributed by atoms with van der Waals surface area (Å²) < 4.78 is 44.3. The maximum absolute atomic E-state index is 12.8. The first-order valence-electron chi connectivity index (χ1n) is 9.52. The van der Waals surface area contributed by atoms with Crippen molar-refractivity contribution in [2.75, 3.05) is 25.1 Å². The smallest absolute Gasteiger partial charge is 0.433 e. The zero-order chi connectivity index (χ0) is 21.6. The van der Waals surface area contributed by atoms with Crippen molar-refractivity contribution < 1.29 is 17.9 Å². The van der Waals surface area contributed by atoms with E-state index in [0.29, 0.717) is 24.5 Å². The Labute approximate surface area is 175 Å². The predicted octanol–water partition coefficient (Wildman–Crippen LogP) is 3.68. The molecule has 0 spiro atoms. The first kappa shape index (κ1) is 19.2. The van der Waals surface area contributed by atoms with Crippen molar-refractivity contribution in [3.8, 4) is 11.4 Å². The zero-order valence-corrected chi connectivity index (χ0v) is 16.4. The van der Waals surface area contributed by atoms with Crippen LogP contribution in [0.1, 0.15) is 5.69 Å². The second kappa shape index (κ2) is 7.15. The fraction of sp³-hybridized carbons (Fsp3) is 0.190. The van der Waals surface area contributed by atoms with E-state index in [2.05, 4.69) is 25.3 Å². The summed E-state index contributed by atoms with van der Waals surface area (Å²) in [6.07, 6.45) is 0.650. The Morgan fingerprint density at radius 3 is 2.61 bits per heavy atom. The van der Waals surface area contributed by atoms with Crippen LogP contribution < -0.4 is 10.3 Å². The van der Waals surface area contributed by atoms with E-state index in [4.69, 9.17) is 4.74 Å². The molecule has 4 heterocycles. The molecule has 0 aliphatic carbocycles. The van der Waals surface area contributed by atoms with Crippen LogP contribution in [0.25, 0.3) is 22.4 Å². The van der Waals surface area contributed by atoms with Gasteiger partial charge in [0.25, 0.3) is 0 Å². The molecule has 31 heavy (non-hydrogen) atoms. The van der Waals surface area contributed by atoms with Gasteiger partial charge in [-0.2, -0.15) is 13.2 Å². The average Bonchev–Trinajstić information content (AvgIpc) is 2.97. The molecular formula is C21H17F3N6O. The molecule has 0 saturated carbocycles. The number of pyridine rings is 1. The molecule has 1 aromatic carbocycles. The number of aromatic nitrogens is 3. The number of hydrogen-bond acceptors (Lipinski definition) is 7. The number of nitrogens with zero attached hydrogens (tertiary/aromatic N) is 5. The van der Waals surface area contributed by atoms with Gasteiger partial charge in [-0.3, -0.25) is 5.01 Å². The number of alkyl halides is 3. The molecule has 0 fully saturated rings. The van der Waals surface area contributed by atoms with Gasteiger partial charge < -0.3 is 15.1 Å². The van der Waals surface area contributed by atoms with Crippen LogP contribution in [-0.4, -0.2) is 40.2 Å². The summed E-state index contributed by atoms with van der Waals surface area (Å²) >= 11 is 0. The Balaban J connectivity index is 1.42. The van der Waals surface area contributed by atoms with E-state index < -0.39 is 11.9 Å². The summed E-state index contributed by atoms with van der Waals surface area (Å²) in [5.74, 6) is 1.22. The highest BCUT2D eigenvalue weighted by Crippen LogP contribution is 2.30. The highest BCUT2D eigenvalue weighted by atomic mass is 19.4. The number of fused-ring (bicyclic) bond motifs is 2. The number of benzene rings is 1. The second-order valence-electron chi connectivity index (χ2n) is 7.09. The minimum absolute atomic E-state index is 0.101. The third-order valence-corrected chi connectivity index (χ3v) is 5.06. The topological polar surface area (TPSA) is 66.4 Å². The van der Waals surface area contributed by atoms with Gasteiger partial charge in [0.2, 0.25) is 0 Å². The van der Waals surface area contributed by atoms with Crippen molar-refractivity contribution >= 4 is 16.7 Å². The third-order valence-electron chi connectivity index (χ3n) is 5.06. The zero-order valence-electron chi connectivity index (χ0n) is 16.4. The lowest BCUT2D eigenvalue weighted by atomic mass is 10.1. The lowest BCUT2D eigenvalue weighted by Gasteiger charge is -2.21. The van der Waals surface area contributed by atoms with Crippen molar-refractivity contribution in [1.29, 1.82) is 0 Å². The molecule has 0 bridgehead atoms. The lowest BCUT2D eigenvalue weighted by molar-refractivity contribution is -0.140. The number of anilines is 1. The summed E-state index contributed by atoms with van der Waals surface area (Å²) in [4.78, 5) is 14.3. The van der Waals surface area contributed by atoms with Crippen LogP contribution in [0.15, 0.2) is 66.5 Å². The van der Waals surface area contributed by atoms with Gasteiger partial charge in [-0.15, -0.1) is 0 Å². The van der Waals surface area contributed by atoms with Crippen LogP contribution in [-0.2, 0) is 10.9 Å². The number of rotatable bonds is 2. The van der Waals surface area contributed by atoms with E-state index in [1.54, 1.807) is 0 Å². The molecule has 2 aromatic heterocycles. The maximum atomic E-state index is 12.8. The van der Waals surface area contributed by atoms with Crippen LogP contribution in [0, 0.1) is 0 Å². The van der Waals surface area contributed by atoms with Crippen LogP contribution in [0.3, 0.4) is 0 Å². The van der Waals surface area contributed by atoms with Gasteiger partial charge in [0.15, 0.2) is 11.6 Å². The Kier molecular flexibility index (Phi) is 4.42. The quantitative estimate of drug-likeness (QED) is 0.671. The van der Waals surface area contributed by atoms with E-state index in [-0.39, 0.29) is 5.52 Å². The number of ether oxygens (including phenoxy) is 1. The molecule has 1 N–H and O–H groups in total. The molecule has 0 atom stereocenters. The minimum atomic E-state index is -4.50. The van der Waals surface area contributed by atoms with Crippen LogP contribution in [0.4, 0.5) is 18.9 Å². The van der Waals surface area contributed by atoms with E-state index in [0.717, 1.165) is 28.8 Å². The number of hydrogen-bond donors (Lipinski definition) is 1. The first-order valence-corrected chi connectivity index (χ1v) is 9.52. The molecule has 0 radical (unpaired) electrons. The number of nitrogens with one attached hydrogen (secondary N) is 1. The average molecular weight is 426 g/mol. The normalized spacial score (nSPS) is 16.3. The van der Waals surface area contributed by atoms with Crippen molar-refractivity contribution in [2.45, 2.75) is 6.18 Å². The van der Waals surface area contributed by atoms with Crippen LogP contribution >= 0.6 is 0 Å². The standard InChI is InChI=1S/C21H17F3N6O/c1-29-17-12-30(8-9-31-18(17)11-26-29)14-4-2-13(3-5-14)20-25-10-16-15(28-20)6-7-19(27-16)21(22,23)24/h2-7,10-12,26H,8-9H2,1H3. The second-order valence-corrected chi connectivity index (χ2v) is 7.09. The molecule has 7 nitrogen and oxygen atoms in total. The Bertz CT molecular complexity index is 1210. The van der Waals surface area contributed by atoms with Crippen molar-refractivity contribution in [3.63, 3.8) is 0 Å². The highest BCUT2D eigenvalue weighted by molar-refractivity contribution is 5.76. The van der Waals surface area contributed by atoms with Crippen molar-refractivity contribution in [1.82, 2.24) is 25.4 Å². The van der Waals surface area contributed by atoms with Gasteiger partial charge in [0.05, 0.1) is 24.5 Å². The molecule has 2 aliphatic rings. The summed E-state index contributed by atoms with van der Waals surface area (Å²) in [5, 5.41) is 1.88. The number of likely N-dealkylation sites (N-methyl/N-ethyl adjacent to an activating group) is 1. The summed E-state index contributed by atoms with van der Waals surface area (Å²) in [7, 11) is 1.91. The molecule has 2 aliphatic heterocycles. The third kappa shape index (κ3) is 3.60. The molecule has 0 amide bonds. The van der Waals surface area contributed by atoms with Gasteiger partial charge in [-0.05, 0) is 36.4 Å². The van der Waals surface area contributed by atoms with Crippen molar-refractivity contribution in [2.24, 2.45) is 0 Å². The van der Waals surface area contributed by atoms with Gasteiger partial charge in [0, 0.05) is 24.5 Å². The number of halogens is 3. The van der Waals surface area contributed by atoms with E-state index in [9.17, 15) is 13.2 Å². The monoisotopic (exact) mass is 426 g/mol. The minimum Gasteiger partial charge on any atom is -0.488 e. The van der Waals surface area contributed by atoms with Crippen LogP contribution in [0.5, 0.6) is 0 Å². The molecule has 158 valence electrons. The predicted molar refractivity (Wildman–Crippen MR) is 108 cm³/mol. The van der Waals surface area contributed by atoms with E-state index in [1.165, 1.54) is 12.3 Å². The Hall–Kier alpha value is -3.82. The SMILES string of the molecule is CN1NC=C2OCCN(c3ccc(-c4ncc5nc(C(F)(F)F)ccc5n4)cc3)C=C21. The van der Waals surface area contributed by atoms with Gasteiger partial charge in [-0.1, -0.05) is 0 Å². The summed E-state index contributed by atoms with van der Waals surface area (Å²) in [5.41, 5.74) is 5.24. The molecule has 5 rings (SSSR count). The van der Waals surface area contributed by atoms with Crippen LogP contribution in [0.2, 0.25) is 0 Å². The lowest BCUT2D eigenvalue weighted by Crippen LogP contribution is -2.26. The largest absolute Gasteiger partial charge is 0.488 e. The fourth-order valence-corrected chi connectivity index (χ4v) is 3.42. The molecule has 10 heteroatoms. The van der Waals surface area contributed by atoms with Crippen molar-refractivity contribution in [3.05, 3.63) is 72.1 Å². The first-order chi connectivity index (χ1) is 14.9. The van der Waals surface area contributed by atoms with Gasteiger partial charge in [-0.25, -0.2) is 15.0 Å². The van der Waals surface area contributed by atoms with Gasteiger partial charge >= 0.3 is 6.18 Å². The highest BCUT2D eigenvalue weighted by Gasteiger charge is 2.32. The Morgan fingerprint density at radius 1 is 1.03 bits per heavy atom. The number of hydrazine groups is 1. The summed E-state index contributed by atoms with van der Waals surface area (Å²) in [6.45, 7) is 1.23. The Morgan fingerprint density at radius 2 is 1.84 bits per heavy atom. The fourth-order valence-electron chi connectivity index (χ4n) is 3.42. The molecule has 0 unspecified atom stereocenters. The van der Waals surface area contributed by atoms with E-state index >= 15 is 0 Å². The molecule has 3 aromatic rings. The van der Waals surface area contributed by atoms with Gasteiger partial charge in [0.1, 0.15) is 23.5 Å².